The Kier molecular flexibility index (Phi) is 5.57. The van der Waals surface area contributed by atoms with Crippen LogP contribution in [0.3, 0.4) is 0 Å². The molecule has 0 N–H and O–H groups in total. The minimum Gasteiger partial charge on any atom is -0.300 e. The fourth-order valence-electron chi connectivity index (χ4n) is 0.990. The second-order valence-corrected chi connectivity index (χ2v) is 3.52. The Bertz CT molecular complexity index is 123. The van der Waals surface area contributed by atoms with E-state index in [-0.39, 0.29) is 11.7 Å². The van der Waals surface area contributed by atoms with Crippen LogP contribution < -0.4 is 0 Å². The van der Waals surface area contributed by atoms with Gasteiger partial charge < -0.3 is 0 Å². The molecule has 0 amide bonds. The van der Waals surface area contributed by atoms with Crippen molar-refractivity contribution in [3.05, 3.63) is 0 Å². The van der Waals surface area contributed by atoms with Crippen LogP contribution in [0.25, 0.3) is 0 Å². The van der Waals surface area contributed by atoms with Gasteiger partial charge in [0.25, 0.3) is 0 Å². The lowest BCUT2D eigenvalue weighted by molar-refractivity contribution is -0.120. The summed E-state index contributed by atoms with van der Waals surface area (Å²) in [5.74, 6) is 1.38. The minimum atomic E-state index is 0.0756. The first-order valence-corrected chi connectivity index (χ1v) is 4.71. The van der Waals surface area contributed by atoms with Gasteiger partial charge in [0.05, 0.1) is 0 Å². The van der Waals surface area contributed by atoms with Gasteiger partial charge in [-0.15, -0.1) is 11.6 Å². The van der Waals surface area contributed by atoms with Gasteiger partial charge in [-0.3, -0.25) is 4.79 Å². The van der Waals surface area contributed by atoms with Crippen LogP contribution in [0.5, 0.6) is 0 Å². The average Bonchev–Trinajstić information content (AvgIpc) is 1.99. The number of rotatable bonds is 5. The van der Waals surface area contributed by atoms with Crippen LogP contribution in [-0.2, 0) is 4.79 Å². The lowest BCUT2D eigenvalue weighted by Crippen LogP contribution is -2.15. The van der Waals surface area contributed by atoms with Gasteiger partial charge >= 0.3 is 0 Å². The predicted octanol–water partition coefficient (Wildman–Crippen LogP) is 2.87. The molecule has 0 rings (SSSR count). The van der Waals surface area contributed by atoms with E-state index in [4.69, 9.17) is 11.6 Å². The Hall–Kier alpha value is -0.0400. The lowest BCUT2D eigenvalue weighted by atomic mass is 9.93. The Balaban J connectivity index is 3.77. The van der Waals surface area contributed by atoms with Gasteiger partial charge in [-0.05, 0) is 19.3 Å². The fourth-order valence-corrected chi connectivity index (χ4v) is 1.33. The monoisotopic (exact) mass is 176 g/mol. The van der Waals surface area contributed by atoms with Crippen molar-refractivity contribution in [1.29, 1.82) is 0 Å². The van der Waals surface area contributed by atoms with E-state index in [9.17, 15) is 4.79 Å². The molecule has 0 heterocycles. The van der Waals surface area contributed by atoms with Crippen molar-refractivity contribution in [3.8, 4) is 0 Å². The zero-order valence-corrected chi connectivity index (χ0v) is 8.32. The summed E-state index contributed by atoms with van der Waals surface area (Å²) >= 11 is 5.64. The summed E-state index contributed by atoms with van der Waals surface area (Å²) < 4.78 is 0. The second kappa shape index (κ2) is 5.59. The van der Waals surface area contributed by atoms with Gasteiger partial charge in [-0.1, -0.05) is 20.3 Å². The van der Waals surface area contributed by atoms with E-state index < -0.39 is 0 Å². The summed E-state index contributed by atoms with van der Waals surface area (Å²) in [4.78, 5) is 10.9. The summed E-state index contributed by atoms with van der Waals surface area (Å²) in [6.07, 6.45) is 2.07. The number of hydrogen-bond donors (Lipinski definition) is 0. The molecule has 0 fully saturated rings. The molecule has 0 radical (unpaired) electrons. The highest BCUT2D eigenvalue weighted by Crippen LogP contribution is 2.16. The van der Waals surface area contributed by atoms with Crippen molar-refractivity contribution in [3.63, 3.8) is 0 Å². The third-order valence-corrected chi connectivity index (χ3v) is 2.52. The van der Waals surface area contributed by atoms with Gasteiger partial charge in [0.15, 0.2) is 0 Å². The van der Waals surface area contributed by atoms with E-state index >= 15 is 0 Å². The number of ketones is 1. The number of hydrogen-bond acceptors (Lipinski definition) is 1. The average molecular weight is 177 g/mol. The Morgan fingerprint density at radius 1 is 1.55 bits per heavy atom. The standard InChI is InChI=1S/C9H17ClO/c1-4-7(2)5-9(6-10)8(3)11/h7,9H,4-6H2,1-3H3. The lowest BCUT2D eigenvalue weighted by Gasteiger charge is -2.14. The second-order valence-electron chi connectivity index (χ2n) is 3.21. The molecule has 1 nitrogen and oxygen atoms in total. The summed E-state index contributed by atoms with van der Waals surface area (Å²) in [5.41, 5.74) is 0. The first kappa shape index (κ1) is 11.0. The van der Waals surface area contributed by atoms with Crippen LogP contribution >= 0.6 is 11.6 Å². The molecule has 0 aromatic rings. The molecule has 11 heavy (non-hydrogen) atoms. The molecule has 0 aromatic heterocycles. The van der Waals surface area contributed by atoms with Crippen molar-refractivity contribution in [1.82, 2.24) is 0 Å². The van der Waals surface area contributed by atoms with Crippen molar-refractivity contribution in [2.45, 2.75) is 33.6 Å². The van der Waals surface area contributed by atoms with Crippen LogP contribution in [0.15, 0.2) is 0 Å². The summed E-state index contributed by atoms with van der Waals surface area (Å²) in [6, 6.07) is 0. The van der Waals surface area contributed by atoms with E-state index in [1.165, 1.54) is 0 Å². The third kappa shape index (κ3) is 4.41. The highest BCUT2D eigenvalue weighted by molar-refractivity contribution is 6.19. The SMILES string of the molecule is CCC(C)CC(CCl)C(C)=O. The van der Waals surface area contributed by atoms with Gasteiger partial charge in [0.2, 0.25) is 0 Å². The van der Waals surface area contributed by atoms with Crippen LogP contribution in [0.4, 0.5) is 0 Å². The molecule has 0 aliphatic carbocycles. The first-order valence-electron chi connectivity index (χ1n) is 4.18. The van der Waals surface area contributed by atoms with E-state index in [0.717, 1.165) is 12.8 Å². The number of halogens is 1. The van der Waals surface area contributed by atoms with E-state index in [2.05, 4.69) is 13.8 Å². The largest absolute Gasteiger partial charge is 0.300 e. The van der Waals surface area contributed by atoms with Gasteiger partial charge in [0.1, 0.15) is 5.78 Å². The maximum atomic E-state index is 10.9. The van der Waals surface area contributed by atoms with Gasteiger partial charge in [-0.2, -0.15) is 0 Å². The Labute approximate surface area is 74.1 Å². The molecule has 0 aromatic carbocycles. The highest BCUT2D eigenvalue weighted by atomic mass is 35.5. The maximum Gasteiger partial charge on any atom is 0.134 e. The fraction of sp³-hybridized carbons (Fsp3) is 0.889. The quantitative estimate of drug-likeness (QED) is 0.589. The summed E-state index contributed by atoms with van der Waals surface area (Å²) in [7, 11) is 0. The number of alkyl halides is 1. The molecule has 0 aliphatic heterocycles. The molecule has 0 aliphatic rings. The molecule has 2 unspecified atom stereocenters. The molecule has 0 spiro atoms. The van der Waals surface area contributed by atoms with E-state index in [1.807, 2.05) is 0 Å². The highest BCUT2D eigenvalue weighted by Gasteiger charge is 2.15. The first-order chi connectivity index (χ1) is 5.11. The predicted molar refractivity (Wildman–Crippen MR) is 49.0 cm³/mol. The maximum absolute atomic E-state index is 10.9. The van der Waals surface area contributed by atoms with Gasteiger partial charge in [0, 0.05) is 11.8 Å². The zero-order chi connectivity index (χ0) is 8.85. The van der Waals surface area contributed by atoms with Crippen molar-refractivity contribution < 1.29 is 4.79 Å². The molecule has 0 bridgehead atoms. The summed E-state index contributed by atoms with van der Waals surface area (Å²) in [5, 5.41) is 0. The van der Waals surface area contributed by atoms with Crippen LogP contribution in [0, 0.1) is 11.8 Å². The molecular weight excluding hydrogens is 160 g/mol. The van der Waals surface area contributed by atoms with E-state index in [1.54, 1.807) is 6.92 Å². The Morgan fingerprint density at radius 2 is 2.09 bits per heavy atom. The Morgan fingerprint density at radius 3 is 2.36 bits per heavy atom. The van der Waals surface area contributed by atoms with Crippen LogP contribution in [0.2, 0.25) is 0 Å². The normalized spacial score (nSPS) is 16.0. The van der Waals surface area contributed by atoms with Crippen LogP contribution in [0.1, 0.15) is 33.6 Å². The molecular formula is C9H17ClO. The summed E-state index contributed by atoms with van der Waals surface area (Å²) in [6.45, 7) is 5.91. The van der Waals surface area contributed by atoms with Gasteiger partial charge in [-0.25, -0.2) is 0 Å². The van der Waals surface area contributed by atoms with Crippen LogP contribution in [-0.4, -0.2) is 11.7 Å². The van der Waals surface area contributed by atoms with E-state index in [0.29, 0.717) is 11.8 Å². The smallest absolute Gasteiger partial charge is 0.134 e. The number of carbonyl (C=O) groups excluding carboxylic acids is 1. The zero-order valence-electron chi connectivity index (χ0n) is 7.56. The van der Waals surface area contributed by atoms with Crippen molar-refractivity contribution in [2.75, 3.05) is 5.88 Å². The molecule has 2 atom stereocenters. The van der Waals surface area contributed by atoms with Crippen molar-refractivity contribution >= 4 is 17.4 Å². The molecule has 66 valence electrons. The molecule has 2 heteroatoms. The third-order valence-electron chi connectivity index (χ3n) is 2.14. The topological polar surface area (TPSA) is 17.1 Å². The minimum absolute atomic E-state index is 0.0756. The molecule has 0 saturated heterocycles. The number of carbonyl (C=O) groups is 1. The van der Waals surface area contributed by atoms with Crippen molar-refractivity contribution in [2.24, 2.45) is 11.8 Å². The number of Topliss-reactive ketones (excluding diaryl/α,β-unsaturated/α-hetero) is 1. The molecule has 0 saturated carbocycles.